The molecule has 27 heavy (non-hydrogen) atoms. The normalized spacial score (nSPS) is 14.4. The molecule has 0 aromatic heterocycles. The molecule has 1 aromatic rings. The summed E-state index contributed by atoms with van der Waals surface area (Å²) in [5.41, 5.74) is 0.919. The molecule has 1 saturated heterocycles. The number of esters is 1. The summed E-state index contributed by atoms with van der Waals surface area (Å²) in [4.78, 5) is 39.5. The second-order valence-electron chi connectivity index (χ2n) is 6.27. The maximum atomic E-state index is 12.1. The van der Waals surface area contributed by atoms with Gasteiger partial charge in [-0.25, -0.2) is 4.79 Å². The Kier molecular flexibility index (Phi) is 8.22. The smallest absolute Gasteiger partial charge is 0.337 e. The first kappa shape index (κ1) is 20.9. The highest BCUT2D eigenvalue weighted by Gasteiger charge is 2.16. The van der Waals surface area contributed by atoms with Gasteiger partial charge in [0.05, 0.1) is 25.9 Å². The number of ether oxygens (including phenoxy) is 2. The minimum absolute atomic E-state index is 0.112. The van der Waals surface area contributed by atoms with E-state index >= 15 is 0 Å². The minimum atomic E-state index is -0.471. The van der Waals surface area contributed by atoms with Gasteiger partial charge in [0, 0.05) is 51.8 Å². The molecule has 2 rings (SSSR count). The van der Waals surface area contributed by atoms with Crippen LogP contribution >= 0.6 is 0 Å². The van der Waals surface area contributed by atoms with Crippen molar-refractivity contribution in [2.45, 2.75) is 13.3 Å². The summed E-state index contributed by atoms with van der Waals surface area (Å²) in [5.74, 6) is -0.780. The van der Waals surface area contributed by atoms with Crippen LogP contribution in [0, 0.1) is 0 Å². The van der Waals surface area contributed by atoms with Crippen molar-refractivity contribution in [3.63, 3.8) is 0 Å². The molecule has 0 saturated carbocycles. The van der Waals surface area contributed by atoms with Crippen LogP contribution in [-0.4, -0.2) is 75.7 Å². The Bertz CT molecular complexity index is 659. The largest absolute Gasteiger partial charge is 0.465 e. The predicted molar refractivity (Wildman–Crippen MR) is 101 cm³/mol. The third-order valence-electron chi connectivity index (χ3n) is 4.38. The summed E-state index contributed by atoms with van der Waals surface area (Å²) >= 11 is 0. The second-order valence-corrected chi connectivity index (χ2v) is 6.27. The van der Waals surface area contributed by atoms with Gasteiger partial charge in [-0.1, -0.05) is 6.07 Å². The number of amides is 2. The SMILES string of the molecule is COC(=O)c1cccc(N(CCC(=O)NCCN2CCOCC2)C(C)=O)c1. The van der Waals surface area contributed by atoms with E-state index in [2.05, 4.69) is 10.2 Å². The molecule has 0 aliphatic carbocycles. The number of rotatable bonds is 8. The van der Waals surface area contributed by atoms with E-state index in [9.17, 15) is 14.4 Å². The van der Waals surface area contributed by atoms with Crippen LogP contribution in [0.5, 0.6) is 0 Å². The first-order valence-electron chi connectivity index (χ1n) is 9.04. The molecule has 0 radical (unpaired) electrons. The molecule has 8 nitrogen and oxygen atoms in total. The van der Waals surface area contributed by atoms with Crippen molar-refractivity contribution in [3.8, 4) is 0 Å². The molecule has 0 bridgehead atoms. The van der Waals surface area contributed by atoms with E-state index in [0.29, 0.717) is 17.8 Å². The van der Waals surface area contributed by atoms with Gasteiger partial charge in [-0.3, -0.25) is 14.5 Å². The lowest BCUT2D eigenvalue weighted by molar-refractivity contribution is -0.121. The van der Waals surface area contributed by atoms with Gasteiger partial charge in [0.1, 0.15) is 0 Å². The van der Waals surface area contributed by atoms with Crippen molar-refractivity contribution >= 4 is 23.5 Å². The fourth-order valence-electron chi connectivity index (χ4n) is 2.87. The van der Waals surface area contributed by atoms with Gasteiger partial charge in [0.15, 0.2) is 0 Å². The zero-order valence-electron chi connectivity index (χ0n) is 15.9. The van der Waals surface area contributed by atoms with Crippen LogP contribution in [0.25, 0.3) is 0 Å². The molecule has 1 heterocycles. The van der Waals surface area contributed by atoms with Crippen molar-refractivity contribution in [2.75, 3.05) is 57.9 Å². The first-order valence-corrected chi connectivity index (χ1v) is 9.04. The Morgan fingerprint density at radius 1 is 1.26 bits per heavy atom. The van der Waals surface area contributed by atoms with Crippen LogP contribution in [0.2, 0.25) is 0 Å². The van der Waals surface area contributed by atoms with Crippen LogP contribution in [0.3, 0.4) is 0 Å². The van der Waals surface area contributed by atoms with Gasteiger partial charge < -0.3 is 19.7 Å². The molecule has 1 aliphatic rings. The zero-order valence-corrected chi connectivity index (χ0v) is 15.9. The lowest BCUT2D eigenvalue weighted by Gasteiger charge is -2.26. The number of carbonyl (C=O) groups excluding carboxylic acids is 3. The number of nitrogens with one attached hydrogen (secondary N) is 1. The number of hydrogen-bond donors (Lipinski definition) is 1. The van der Waals surface area contributed by atoms with Crippen LogP contribution in [0.4, 0.5) is 5.69 Å². The van der Waals surface area contributed by atoms with E-state index < -0.39 is 5.97 Å². The van der Waals surface area contributed by atoms with Crippen molar-refractivity contribution in [1.82, 2.24) is 10.2 Å². The minimum Gasteiger partial charge on any atom is -0.465 e. The fourth-order valence-corrected chi connectivity index (χ4v) is 2.87. The molecule has 148 valence electrons. The van der Waals surface area contributed by atoms with Crippen LogP contribution in [0.15, 0.2) is 24.3 Å². The van der Waals surface area contributed by atoms with Crippen molar-refractivity contribution in [2.24, 2.45) is 0 Å². The van der Waals surface area contributed by atoms with E-state index in [1.54, 1.807) is 24.3 Å². The highest BCUT2D eigenvalue weighted by atomic mass is 16.5. The van der Waals surface area contributed by atoms with E-state index in [4.69, 9.17) is 9.47 Å². The number of carbonyl (C=O) groups is 3. The lowest BCUT2D eigenvalue weighted by atomic mass is 10.2. The van der Waals surface area contributed by atoms with Gasteiger partial charge in [-0.2, -0.15) is 0 Å². The maximum absolute atomic E-state index is 12.1. The van der Waals surface area contributed by atoms with Crippen molar-refractivity contribution < 1.29 is 23.9 Å². The molecule has 1 aliphatic heterocycles. The Morgan fingerprint density at radius 2 is 2.00 bits per heavy atom. The average Bonchev–Trinajstić information content (AvgIpc) is 2.68. The first-order chi connectivity index (χ1) is 13.0. The van der Waals surface area contributed by atoms with Gasteiger partial charge in [0.25, 0.3) is 0 Å². The lowest BCUT2D eigenvalue weighted by Crippen LogP contribution is -2.42. The summed E-state index contributed by atoms with van der Waals surface area (Å²) in [6.07, 6.45) is 0.186. The molecular weight excluding hydrogens is 350 g/mol. The third kappa shape index (κ3) is 6.65. The Hall–Kier alpha value is -2.45. The van der Waals surface area contributed by atoms with E-state index in [0.717, 1.165) is 32.8 Å². The molecular formula is C19H27N3O5. The number of hydrogen-bond acceptors (Lipinski definition) is 6. The van der Waals surface area contributed by atoms with Gasteiger partial charge in [-0.05, 0) is 18.2 Å². The summed E-state index contributed by atoms with van der Waals surface area (Å²) in [6, 6.07) is 6.61. The highest BCUT2D eigenvalue weighted by molar-refractivity contribution is 5.95. The molecule has 1 N–H and O–H groups in total. The average molecular weight is 377 g/mol. The summed E-state index contributed by atoms with van der Waals surface area (Å²) < 4.78 is 10.00. The molecule has 1 fully saturated rings. The van der Waals surface area contributed by atoms with Crippen LogP contribution in [-0.2, 0) is 19.1 Å². The molecule has 0 atom stereocenters. The molecule has 0 unspecified atom stereocenters. The predicted octanol–water partition coefficient (Wildman–Crippen LogP) is 0.665. The third-order valence-corrected chi connectivity index (χ3v) is 4.38. The van der Waals surface area contributed by atoms with Gasteiger partial charge in [-0.15, -0.1) is 0 Å². The fraction of sp³-hybridized carbons (Fsp3) is 0.526. The number of methoxy groups -OCH3 is 1. The van der Waals surface area contributed by atoms with Crippen LogP contribution < -0.4 is 10.2 Å². The highest BCUT2D eigenvalue weighted by Crippen LogP contribution is 2.17. The van der Waals surface area contributed by atoms with E-state index in [1.165, 1.54) is 18.9 Å². The number of nitrogens with zero attached hydrogens (tertiary/aromatic N) is 2. The summed E-state index contributed by atoms with van der Waals surface area (Å²) in [5, 5.41) is 2.88. The second kappa shape index (κ2) is 10.6. The number of benzene rings is 1. The standard InChI is InChI=1S/C19H27N3O5/c1-15(23)22(17-5-3-4-16(14-17)19(25)26-2)8-6-18(24)20-7-9-21-10-12-27-13-11-21/h3-5,14H,6-13H2,1-2H3,(H,20,24). The summed E-state index contributed by atoms with van der Waals surface area (Å²) in [6.45, 7) is 6.24. The Balaban J connectivity index is 1.84. The molecule has 2 amide bonds. The van der Waals surface area contributed by atoms with E-state index in [1.807, 2.05) is 0 Å². The molecule has 0 spiro atoms. The monoisotopic (exact) mass is 377 g/mol. The molecule has 8 heteroatoms. The van der Waals surface area contributed by atoms with E-state index in [-0.39, 0.29) is 24.8 Å². The number of morpholine rings is 1. The Labute approximate surface area is 159 Å². The van der Waals surface area contributed by atoms with Crippen molar-refractivity contribution in [1.29, 1.82) is 0 Å². The Morgan fingerprint density at radius 3 is 2.67 bits per heavy atom. The van der Waals surface area contributed by atoms with Crippen LogP contribution in [0.1, 0.15) is 23.7 Å². The summed E-state index contributed by atoms with van der Waals surface area (Å²) in [7, 11) is 1.30. The maximum Gasteiger partial charge on any atom is 0.337 e. The topological polar surface area (TPSA) is 88.2 Å². The molecule has 1 aromatic carbocycles. The zero-order chi connectivity index (χ0) is 19.6. The van der Waals surface area contributed by atoms with Gasteiger partial charge >= 0.3 is 5.97 Å². The quantitative estimate of drug-likeness (QED) is 0.670. The number of anilines is 1. The van der Waals surface area contributed by atoms with Crippen molar-refractivity contribution in [3.05, 3.63) is 29.8 Å². The van der Waals surface area contributed by atoms with Gasteiger partial charge in [0.2, 0.25) is 11.8 Å².